The Hall–Kier alpha value is -0.470. The van der Waals surface area contributed by atoms with Crippen molar-refractivity contribution in [2.75, 3.05) is 0 Å². The number of hydrogen-bond acceptors (Lipinski definition) is 1. The molecule has 0 bridgehead atoms. The van der Waals surface area contributed by atoms with E-state index in [2.05, 4.69) is 0 Å². The summed E-state index contributed by atoms with van der Waals surface area (Å²) < 4.78 is 26.7. The van der Waals surface area contributed by atoms with E-state index in [1.807, 2.05) is 0 Å². The molecule has 13 heavy (non-hydrogen) atoms. The molecule has 0 radical (unpaired) electrons. The standard InChI is InChI=1S/C10H18F2O/c1-6(2)8(5)10(11,12)9(13)7(3)4/h6-8H,1-5H3/t8-/m1/s1. The van der Waals surface area contributed by atoms with Crippen LogP contribution in [0.25, 0.3) is 0 Å². The summed E-state index contributed by atoms with van der Waals surface area (Å²) in [6.07, 6.45) is 0. The molecule has 78 valence electrons. The maximum atomic E-state index is 13.4. The average Bonchev–Trinajstić information content (AvgIpc) is 2.01. The fourth-order valence-electron chi connectivity index (χ4n) is 1.03. The summed E-state index contributed by atoms with van der Waals surface area (Å²) in [5.41, 5.74) is 0. The first-order valence-electron chi connectivity index (χ1n) is 4.63. The molecule has 0 aromatic heterocycles. The van der Waals surface area contributed by atoms with Gasteiger partial charge in [0.1, 0.15) is 0 Å². The van der Waals surface area contributed by atoms with Gasteiger partial charge in [0.25, 0.3) is 0 Å². The van der Waals surface area contributed by atoms with Crippen LogP contribution in [0.1, 0.15) is 34.6 Å². The lowest BCUT2D eigenvalue weighted by Crippen LogP contribution is -2.40. The van der Waals surface area contributed by atoms with Crippen molar-refractivity contribution in [1.82, 2.24) is 0 Å². The van der Waals surface area contributed by atoms with E-state index in [0.29, 0.717) is 0 Å². The molecule has 0 spiro atoms. The summed E-state index contributed by atoms with van der Waals surface area (Å²) in [6, 6.07) is 0. The normalized spacial score (nSPS) is 15.2. The molecule has 0 rings (SSSR count). The molecular weight excluding hydrogens is 174 g/mol. The van der Waals surface area contributed by atoms with Crippen LogP contribution in [0.3, 0.4) is 0 Å². The fourth-order valence-corrected chi connectivity index (χ4v) is 1.03. The van der Waals surface area contributed by atoms with Crippen LogP contribution in [-0.4, -0.2) is 11.7 Å². The zero-order valence-corrected chi connectivity index (χ0v) is 8.90. The molecule has 0 aliphatic carbocycles. The van der Waals surface area contributed by atoms with Gasteiger partial charge in [-0.3, -0.25) is 4.79 Å². The van der Waals surface area contributed by atoms with Gasteiger partial charge in [0.2, 0.25) is 5.78 Å². The van der Waals surface area contributed by atoms with E-state index < -0.39 is 23.5 Å². The third kappa shape index (κ3) is 2.75. The van der Waals surface area contributed by atoms with Crippen LogP contribution >= 0.6 is 0 Å². The minimum absolute atomic E-state index is 0.183. The Morgan fingerprint density at radius 1 is 1.08 bits per heavy atom. The number of hydrogen-bond donors (Lipinski definition) is 0. The first-order chi connectivity index (χ1) is 5.71. The van der Waals surface area contributed by atoms with E-state index in [4.69, 9.17) is 0 Å². The predicted molar refractivity (Wildman–Crippen MR) is 48.8 cm³/mol. The predicted octanol–water partition coefficient (Wildman–Crippen LogP) is 3.14. The van der Waals surface area contributed by atoms with E-state index in [-0.39, 0.29) is 5.92 Å². The van der Waals surface area contributed by atoms with Gasteiger partial charge in [0, 0.05) is 11.8 Å². The molecule has 0 aliphatic rings. The van der Waals surface area contributed by atoms with Crippen molar-refractivity contribution in [3.63, 3.8) is 0 Å². The lowest BCUT2D eigenvalue weighted by atomic mass is 9.86. The molecule has 0 aliphatic heterocycles. The van der Waals surface area contributed by atoms with Crippen molar-refractivity contribution in [2.45, 2.75) is 40.5 Å². The van der Waals surface area contributed by atoms with Gasteiger partial charge < -0.3 is 0 Å². The molecule has 3 heteroatoms. The van der Waals surface area contributed by atoms with Gasteiger partial charge >= 0.3 is 5.92 Å². The number of Topliss-reactive ketones (excluding diaryl/α,β-unsaturated/α-hetero) is 1. The smallest absolute Gasteiger partial charge is 0.293 e. The van der Waals surface area contributed by atoms with Gasteiger partial charge in [-0.15, -0.1) is 0 Å². The molecule has 0 amide bonds. The van der Waals surface area contributed by atoms with Gasteiger partial charge in [-0.2, -0.15) is 8.78 Å². The highest BCUT2D eigenvalue weighted by Gasteiger charge is 2.46. The van der Waals surface area contributed by atoms with E-state index in [1.165, 1.54) is 20.8 Å². The van der Waals surface area contributed by atoms with Crippen LogP contribution in [0.5, 0.6) is 0 Å². The number of rotatable bonds is 4. The molecule has 0 aromatic carbocycles. The van der Waals surface area contributed by atoms with Crippen LogP contribution in [0, 0.1) is 17.8 Å². The SMILES string of the molecule is CC(C)C(=O)C(F)(F)[C@H](C)C(C)C. The lowest BCUT2D eigenvalue weighted by Gasteiger charge is -2.26. The zero-order chi connectivity index (χ0) is 10.8. The third-order valence-corrected chi connectivity index (χ3v) is 2.42. The number of alkyl halides is 2. The molecule has 0 aromatic rings. The quantitative estimate of drug-likeness (QED) is 0.668. The van der Waals surface area contributed by atoms with Crippen molar-refractivity contribution in [1.29, 1.82) is 0 Å². The number of ketones is 1. The zero-order valence-electron chi connectivity index (χ0n) is 8.90. The maximum Gasteiger partial charge on any atom is 0.308 e. The Balaban J connectivity index is 4.65. The van der Waals surface area contributed by atoms with Crippen molar-refractivity contribution >= 4 is 5.78 Å². The molecule has 0 N–H and O–H groups in total. The van der Waals surface area contributed by atoms with Crippen LogP contribution in [0.2, 0.25) is 0 Å². The van der Waals surface area contributed by atoms with Gasteiger partial charge in [0.15, 0.2) is 0 Å². The largest absolute Gasteiger partial charge is 0.308 e. The Morgan fingerprint density at radius 2 is 1.46 bits per heavy atom. The molecule has 1 nitrogen and oxygen atoms in total. The second-order valence-electron chi connectivity index (χ2n) is 4.17. The van der Waals surface area contributed by atoms with E-state index in [0.717, 1.165) is 0 Å². The Kier molecular flexibility index (Phi) is 4.01. The topological polar surface area (TPSA) is 17.1 Å². The highest BCUT2D eigenvalue weighted by atomic mass is 19.3. The van der Waals surface area contributed by atoms with Crippen LogP contribution in [0.4, 0.5) is 8.78 Å². The molecule has 0 unspecified atom stereocenters. The molecule has 0 saturated carbocycles. The van der Waals surface area contributed by atoms with Crippen LogP contribution in [-0.2, 0) is 4.79 Å². The molecule has 0 saturated heterocycles. The van der Waals surface area contributed by atoms with Gasteiger partial charge in [-0.05, 0) is 5.92 Å². The monoisotopic (exact) mass is 192 g/mol. The summed E-state index contributed by atoms with van der Waals surface area (Å²) in [5.74, 6) is -5.80. The molecule has 0 fully saturated rings. The van der Waals surface area contributed by atoms with Crippen molar-refractivity contribution < 1.29 is 13.6 Å². The van der Waals surface area contributed by atoms with Gasteiger partial charge in [0.05, 0.1) is 0 Å². The Morgan fingerprint density at radius 3 is 1.69 bits per heavy atom. The average molecular weight is 192 g/mol. The summed E-state index contributed by atoms with van der Waals surface area (Å²) in [4.78, 5) is 11.2. The van der Waals surface area contributed by atoms with Crippen molar-refractivity contribution in [2.24, 2.45) is 17.8 Å². The second kappa shape index (κ2) is 4.16. The summed E-state index contributed by atoms with van der Waals surface area (Å²) in [7, 11) is 0. The molecule has 1 atom stereocenters. The summed E-state index contributed by atoms with van der Waals surface area (Å²) >= 11 is 0. The fraction of sp³-hybridized carbons (Fsp3) is 0.900. The first-order valence-corrected chi connectivity index (χ1v) is 4.63. The van der Waals surface area contributed by atoms with Gasteiger partial charge in [-0.25, -0.2) is 0 Å². The first kappa shape index (κ1) is 12.5. The van der Waals surface area contributed by atoms with Crippen LogP contribution < -0.4 is 0 Å². The van der Waals surface area contributed by atoms with E-state index >= 15 is 0 Å². The second-order valence-corrected chi connectivity index (χ2v) is 4.17. The highest BCUT2D eigenvalue weighted by molar-refractivity contribution is 5.87. The molecule has 0 heterocycles. The Labute approximate surface area is 78.5 Å². The van der Waals surface area contributed by atoms with E-state index in [1.54, 1.807) is 13.8 Å². The third-order valence-electron chi connectivity index (χ3n) is 2.42. The Bertz CT molecular complexity index is 185. The minimum atomic E-state index is -3.18. The maximum absolute atomic E-state index is 13.4. The minimum Gasteiger partial charge on any atom is -0.293 e. The molecular formula is C10H18F2O. The summed E-state index contributed by atoms with van der Waals surface area (Å²) in [5, 5.41) is 0. The number of carbonyl (C=O) groups excluding carboxylic acids is 1. The highest BCUT2D eigenvalue weighted by Crippen LogP contribution is 2.33. The van der Waals surface area contributed by atoms with Crippen LogP contribution in [0.15, 0.2) is 0 Å². The van der Waals surface area contributed by atoms with E-state index in [9.17, 15) is 13.6 Å². The van der Waals surface area contributed by atoms with Crippen molar-refractivity contribution in [3.8, 4) is 0 Å². The number of carbonyl (C=O) groups is 1. The lowest BCUT2D eigenvalue weighted by molar-refractivity contribution is -0.156. The van der Waals surface area contributed by atoms with Crippen molar-refractivity contribution in [3.05, 3.63) is 0 Å². The summed E-state index contributed by atoms with van der Waals surface area (Å²) in [6.45, 7) is 7.83. The number of halogens is 2. The van der Waals surface area contributed by atoms with Gasteiger partial charge in [-0.1, -0.05) is 34.6 Å².